The second-order valence-electron chi connectivity index (χ2n) is 7.19. The summed E-state index contributed by atoms with van der Waals surface area (Å²) in [5.74, 6) is 0. The molecule has 0 aliphatic heterocycles. The van der Waals surface area contributed by atoms with Gasteiger partial charge in [-0.1, -0.05) is 72.8 Å². The van der Waals surface area contributed by atoms with Crippen LogP contribution in [0.4, 0.5) is 0 Å². The summed E-state index contributed by atoms with van der Waals surface area (Å²) in [6.07, 6.45) is 17.2. The number of aromatic nitrogens is 2. The lowest BCUT2D eigenvalue weighted by Crippen LogP contribution is -2.31. The van der Waals surface area contributed by atoms with Crippen LogP contribution in [-0.2, 0) is 13.1 Å². The summed E-state index contributed by atoms with van der Waals surface area (Å²) in [5.41, 5.74) is 4.91. The number of nitrogens with zero attached hydrogens (tertiary/aromatic N) is 2. The first-order valence-corrected chi connectivity index (χ1v) is 10.3. The second-order valence-corrected chi connectivity index (χ2v) is 7.19. The van der Waals surface area contributed by atoms with Gasteiger partial charge in [0.15, 0.2) is 37.9 Å². The molecule has 0 amide bonds. The van der Waals surface area contributed by atoms with E-state index in [1.807, 2.05) is 12.1 Å². The largest absolute Gasteiger partial charge is 0.201 e. The van der Waals surface area contributed by atoms with Crippen LogP contribution < -0.4 is 9.13 Å². The molecule has 4 rings (SSSR count). The van der Waals surface area contributed by atoms with E-state index in [0.29, 0.717) is 0 Å². The molecule has 4 aromatic rings. The van der Waals surface area contributed by atoms with E-state index in [2.05, 4.69) is 131 Å². The predicted molar refractivity (Wildman–Crippen MR) is 123 cm³/mol. The lowest BCUT2D eigenvalue weighted by molar-refractivity contribution is -0.687. The molecule has 30 heavy (non-hydrogen) atoms. The highest BCUT2D eigenvalue weighted by Gasteiger charge is 2.04. The van der Waals surface area contributed by atoms with Crippen molar-refractivity contribution in [3.8, 4) is 11.1 Å². The maximum absolute atomic E-state index is 2.18. The molecule has 2 heterocycles. The molecule has 0 radical (unpaired) electrons. The quantitative estimate of drug-likeness (QED) is 0.376. The Morgan fingerprint density at radius 2 is 0.833 bits per heavy atom. The van der Waals surface area contributed by atoms with Gasteiger partial charge in [0.05, 0.1) is 0 Å². The smallest absolute Gasteiger partial charge is 0.169 e. The molecule has 0 aliphatic rings. The van der Waals surface area contributed by atoms with Crippen molar-refractivity contribution < 1.29 is 9.13 Å². The Bertz CT molecular complexity index is 1000. The highest BCUT2D eigenvalue weighted by atomic mass is 14.9. The third kappa shape index (κ3) is 5.62. The summed E-state index contributed by atoms with van der Waals surface area (Å²) in [5, 5.41) is 0. The van der Waals surface area contributed by atoms with Crippen LogP contribution in [0.25, 0.3) is 23.3 Å². The van der Waals surface area contributed by atoms with Gasteiger partial charge >= 0.3 is 0 Å². The number of allylic oxidation sites excluding steroid dienone is 2. The normalized spacial score (nSPS) is 11.3. The predicted octanol–water partition coefficient (Wildman–Crippen LogP) is 5.36. The Morgan fingerprint density at radius 3 is 1.20 bits per heavy atom. The molecule has 0 atom stereocenters. The lowest BCUT2D eigenvalue weighted by Gasteiger charge is -2.00. The van der Waals surface area contributed by atoms with Crippen molar-refractivity contribution in [2.24, 2.45) is 0 Å². The first-order chi connectivity index (χ1) is 14.9. The number of benzene rings is 2. The average Bonchev–Trinajstić information content (AvgIpc) is 2.82. The molecule has 0 fully saturated rings. The van der Waals surface area contributed by atoms with Crippen molar-refractivity contribution in [1.29, 1.82) is 0 Å². The first kappa shape index (κ1) is 19.5. The topological polar surface area (TPSA) is 7.76 Å². The minimum atomic E-state index is 0.859. The average molecular weight is 391 g/mol. The minimum absolute atomic E-state index is 0.859. The van der Waals surface area contributed by atoms with E-state index < -0.39 is 0 Å². The van der Waals surface area contributed by atoms with E-state index in [1.54, 1.807) is 0 Å². The standard InChI is InChI=1S/C28H26N2/c1-3-9-25(10-4-1)13-7-19-29-21-15-27(16-22-29)28-17-23-30(24-18-28)20-8-14-26-11-5-2-6-12-26/h1-18,21-24H,19-20H2/q+2/b13-7+,14-8+. The Labute approximate surface area is 178 Å². The maximum Gasteiger partial charge on any atom is 0.169 e. The van der Waals surface area contributed by atoms with Crippen molar-refractivity contribution in [2.75, 3.05) is 0 Å². The van der Waals surface area contributed by atoms with Crippen molar-refractivity contribution in [3.63, 3.8) is 0 Å². The number of hydrogen-bond acceptors (Lipinski definition) is 0. The van der Waals surface area contributed by atoms with Crippen LogP contribution in [0.2, 0.25) is 0 Å². The highest BCUT2D eigenvalue weighted by Crippen LogP contribution is 2.15. The van der Waals surface area contributed by atoms with Crippen molar-refractivity contribution in [2.45, 2.75) is 13.1 Å². The van der Waals surface area contributed by atoms with Gasteiger partial charge in [-0.3, -0.25) is 0 Å². The van der Waals surface area contributed by atoms with Crippen LogP contribution in [0.5, 0.6) is 0 Å². The summed E-state index contributed by atoms with van der Waals surface area (Å²) in [6, 6.07) is 29.5. The summed E-state index contributed by atoms with van der Waals surface area (Å²) < 4.78 is 4.36. The van der Waals surface area contributed by atoms with E-state index >= 15 is 0 Å². The molecule has 2 aromatic heterocycles. The Morgan fingerprint density at radius 1 is 0.467 bits per heavy atom. The van der Waals surface area contributed by atoms with Gasteiger partial charge in [-0.05, 0) is 34.4 Å². The van der Waals surface area contributed by atoms with Gasteiger partial charge in [-0.15, -0.1) is 0 Å². The first-order valence-electron chi connectivity index (χ1n) is 10.3. The molecule has 0 aliphatic carbocycles. The van der Waals surface area contributed by atoms with E-state index in [0.717, 1.165) is 13.1 Å². The van der Waals surface area contributed by atoms with Crippen LogP contribution in [-0.4, -0.2) is 0 Å². The molecule has 0 unspecified atom stereocenters. The van der Waals surface area contributed by atoms with Crippen LogP contribution in [0.3, 0.4) is 0 Å². The van der Waals surface area contributed by atoms with Crippen LogP contribution in [0.1, 0.15) is 11.1 Å². The molecule has 0 saturated carbocycles. The summed E-state index contributed by atoms with van der Waals surface area (Å²) in [4.78, 5) is 0. The monoisotopic (exact) mass is 390 g/mol. The Kier molecular flexibility index (Phi) is 6.59. The van der Waals surface area contributed by atoms with E-state index in [-0.39, 0.29) is 0 Å². The third-order valence-corrected chi connectivity index (χ3v) is 4.97. The van der Waals surface area contributed by atoms with Gasteiger partial charge in [0.2, 0.25) is 0 Å². The van der Waals surface area contributed by atoms with Crippen molar-refractivity contribution >= 4 is 12.2 Å². The van der Waals surface area contributed by atoms with Gasteiger partial charge in [0.1, 0.15) is 0 Å². The number of hydrogen-bond donors (Lipinski definition) is 0. The molecule has 2 nitrogen and oxygen atoms in total. The fourth-order valence-electron chi connectivity index (χ4n) is 3.29. The van der Waals surface area contributed by atoms with Gasteiger partial charge in [-0.2, -0.15) is 0 Å². The third-order valence-electron chi connectivity index (χ3n) is 4.97. The minimum Gasteiger partial charge on any atom is -0.201 e. The van der Waals surface area contributed by atoms with Gasteiger partial charge in [0, 0.05) is 24.3 Å². The van der Waals surface area contributed by atoms with Crippen molar-refractivity contribution in [1.82, 2.24) is 0 Å². The molecule has 0 spiro atoms. The summed E-state index contributed by atoms with van der Waals surface area (Å²) in [6.45, 7) is 1.72. The van der Waals surface area contributed by atoms with Gasteiger partial charge in [-0.25, -0.2) is 9.13 Å². The molecular formula is C28H26N2+2. The number of pyridine rings is 2. The van der Waals surface area contributed by atoms with Crippen LogP contribution in [0, 0.1) is 0 Å². The molecule has 2 heteroatoms. The molecular weight excluding hydrogens is 364 g/mol. The zero-order valence-electron chi connectivity index (χ0n) is 17.0. The number of rotatable bonds is 7. The van der Waals surface area contributed by atoms with Crippen molar-refractivity contribution in [3.05, 3.63) is 133 Å². The molecule has 0 N–H and O–H groups in total. The molecule has 0 saturated heterocycles. The Balaban J connectivity index is 1.33. The molecule has 0 bridgehead atoms. The highest BCUT2D eigenvalue weighted by molar-refractivity contribution is 5.61. The zero-order valence-corrected chi connectivity index (χ0v) is 17.0. The van der Waals surface area contributed by atoms with Gasteiger partial charge < -0.3 is 0 Å². The molecule has 146 valence electrons. The van der Waals surface area contributed by atoms with E-state index in [4.69, 9.17) is 0 Å². The molecule has 2 aromatic carbocycles. The van der Waals surface area contributed by atoms with Gasteiger partial charge in [0.25, 0.3) is 0 Å². The van der Waals surface area contributed by atoms with Crippen LogP contribution in [0.15, 0.2) is 122 Å². The summed E-state index contributed by atoms with van der Waals surface area (Å²) in [7, 11) is 0. The zero-order chi connectivity index (χ0) is 20.4. The SMILES string of the molecule is C(=C\c1ccccc1)/C[n+]1ccc(-c2cc[n+](C/C=C/c3ccccc3)cc2)cc1. The lowest BCUT2D eigenvalue weighted by atomic mass is 10.1. The van der Waals surface area contributed by atoms with Crippen LogP contribution >= 0.6 is 0 Å². The Hall–Kier alpha value is -3.78. The maximum atomic E-state index is 2.18. The fraction of sp³-hybridized carbons (Fsp3) is 0.0714. The fourth-order valence-corrected chi connectivity index (χ4v) is 3.29. The van der Waals surface area contributed by atoms with E-state index in [1.165, 1.54) is 22.3 Å². The van der Waals surface area contributed by atoms with E-state index in [9.17, 15) is 0 Å². The second kappa shape index (κ2) is 10.1. The summed E-state index contributed by atoms with van der Waals surface area (Å²) >= 11 is 0.